The van der Waals surface area contributed by atoms with Crippen molar-refractivity contribution in [1.82, 2.24) is 10.3 Å². The molecule has 0 aliphatic carbocycles. The van der Waals surface area contributed by atoms with Gasteiger partial charge in [-0.05, 0) is 35.2 Å². The van der Waals surface area contributed by atoms with E-state index in [-0.39, 0.29) is 30.9 Å². The molecule has 1 aromatic heterocycles. The first-order chi connectivity index (χ1) is 15.0. The SMILES string of the molecule is CC(C)[C@H](NC(=O)COC(=O)Cc1c[nH]c2ccccc12)c1ccc2c(c1)OCCO2. The monoisotopic (exact) mass is 422 g/mol. The Labute approximate surface area is 180 Å². The van der Waals surface area contributed by atoms with Gasteiger partial charge in [0.1, 0.15) is 13.2 Å². The zero-order valence-corrected chi connectivity index (χ0v) is 17.6. The maximum absolute atomic E-state index is 12.5. The van der Waals surface area contributed by atoms with Gasteiger partial charge in [0.05, 0.1) is 12.5 Å². The van der Waals surface area contributed by atoms with Crippen LogP contribution in [0.25, 0.3) is 10.9 Å². The molecule has 2 aromatic carbocycles. The molecule has 0 fully saturated rings. The molecule has 31 heavy (non-hydrogen) atoms. The fraction of sp³-hybridized carbons (Fsp3) is 0.333. The summed E-state index contributed by atoms with van der Waals surface area (Å²) in [6.07, 6.45) is 1.90. The predicted molar refractivity (Wildman–Crippen MR) is 116 cm³/mol. The number of H-pyrrole nitrogens is 1. The highest BCUT2D eigenvalue weighted by molar-refractivity contribution is 5.88. The summed E-state index contributed by atoms with van der Waals surface area (Å²) in [4.78, 5) is 27.9. The molecule has 7 heteroatoms. The largest absolute Gasteiger partial charge is 0.486 e. The first-order valence-corrected chi connectivity index (χ1v) is 10.4. The molecule has 2 heterocycles. The normalized spacial score (nSPS) is 13.8. The van der Waals surface area contributed by atoms with E-state index in [9.17, 15) is 9.59 Å². The van der Waals surface area contributed by atoms with Gasteiger partial charge in [0, 0.05) is 17.1 Å². The second kappa shape index (κ2) is 9.12. The van der Waals surface area contributed by atoms with Gasteiger partial charge in [0.15, 0.2) is 18.1 Å². The van der Waals surface area contributed by atoms with E-state index >= 15 is 0 Å². The molecule has 0 bridgehead atoms. The van der Waals surface area contributed by atoms with E-state index in [0.29, 0.717) is 24.7 Å². The number of nitrogens with one attached hydrogen (secondary N) is 2. The summed E-state index contributed by atoms with van der Waals surface area (Å²) in [7, 11) is 0. The summed E-state index contributed by atoms with van der Waals surface area (Å²) in [5.41, 5.74) is 2.72. The summed E-state index contributed by atoms with van der Waals surface area (Å²) < 4.78 is 16.4. The molecule has 0 saturated heterocycles. The van der Waals surface area contributed by atoms with Gasteiger partial charge in [-0.2, -0.15) is 0 Å². The molecule has 1 atom stereocenters. The summed E-state index contributed by atoms with van der Waals surface area (Å²) in [5, 5.41) is 3.94. The smallest absolute Gasteiger partial charge is 0.310 e. The minimum absolute atomic E-state index is 0.104. The van der Waals surface area contributed by atoms with Crippen LogP contribution in [0.15, 0.2) is 48.7 Å². The number of ether oxygens (including phenoxy) is 3. The first-order valence-electron chi connectivity index (χ1n) is 10.4. The number of benzene rings is 2. The van der Waals surface area contributed by atoms with Crippen LogP contribution in [0.1, 0.15) is 31.0 Å². The number of esters is 1. The second-order valence-corrected chi connectivity index (χ2v) is 7.89. The van der Waals surface area contributed by atoms with E-state index in [0.717, 1.165) is 22.0 Å². The summed E-state index contributed by atoms with van der Waals surface area (Å²) in [5.74, 6) is 0.721. The quantitative estimate of drug-likeness (QED) is 0.569. The number of hydrogen-bond donors (Lipinski definition) is 2. The lowest BCUT2D eigenvalue weighted by Gasteiger charge is -2.25. The van der Waals surface area contributed by atoms with Crippen molar-refractivity contribution in [3.63, 3.8) is 0 Å². The van der Waals surface area contributed by atoms with Crippen LogP contribution in [0.2, 0.25) is 0 Å². The molecule has 1 aliphatic rings. The number of amides is 1. The summed E-state index contributed by atoms with van der Waals surface area (Å²) in [6, 6.07) is 13.2. The molecule has 3 aromatic rings. The Bertz CT molecular complexity index is 1090. The first kappa shape index (κ1) is 20.8. The Morgan fingerprint density at radius 2 is 1.87 bits per heavy atom. The highest BCUT2D eigenvalue weighted by Crippen LogP contribution is 2.34. The highest BCUT2D eigenvalue weighted by Gasteiger charge is 2.22. The molecule has 0 saturated carbocycles. The molecule has 0 unspecified atom stereocenters. The van der Waals surface area contributed by atoms with Crippen molar-refractivity contribution < 1.29 is 23.8 Å². The van der Waals surface area contributed by atoms with Crippen LogP contribution in [0.4, 0.5) is 0 Å². The standard InChI is InChI=1S/C24H26N2O5/c1-15(2)24(16-7-8-20-21(11-16)30-10-9-29-20)26-22(27)14-31-23(28)12-17-13-25-19-6-4-3-5-18(17)19/h3-8,11,13,15,24-25H,9-10,12,14H2,1-2H3,(H,26,27)/t24-/m0/s1. The Hall–Kier alpha value is -3.48. The van der Waals surface area contributed by atoms with Crippen LogP contribution in [0.5, 0.6) is 11.5 Å². The van der Waals surface area contributed by atoms with Crippen molar-refractivity contribution in [3.8, 4) is 11.5 Å². The van der Waals surface area contributed by atoms with Crippen molar-refractivity contribution in [2.75, 3.05) is 19.8 Å². The van der Waals surface area contributed by atoms with Crippen LogP contribution in [-0.2, 0) is 20.7 Å². The Morgan fingerprint density at radius 3 is 2.68 bits per heavy atom. The molecule has 0 spiro atoms. The number of aromatic amines is 1. The molecule has 4 rings (SSSR count). The van der Waals surface area contributed by atoms with Crippen LogP contribution in [0.3, 0.4) is 0 Å². The van der Waals surface area contributed by atoms with E-state index in [4.69, 9.17) is 14.2 Å². The lowest BCUT2D eigenvalue weighted by molar-refractivity contribution is -0.148. The van der Waals surface area contributed by atoms with Gasteiger partial charge >= 0.3 is 5.97 Å². The van der Waals surface area contributed by atoms with Gasteiger partial charge in [0.2, 0.25) is 0 Å². The number of para-hydroxylation sites is 1. The van der Waals surface area contributed by atoms with E-state index in [1.165, 1.54) is 0 Å². The molecule has 7 nitrogen and oxygen atoms in total. The van der Waals surface area contributed by atoms with Gasteiger partial charge in [0.25, 0.3) is 5.91 Å². The van der Waals surface area contributed by atoms with Crippen LogP contribution in [-0.4, -0.2) is 36.7 Å². The van der Waals surface area contributed by atoms with Gasteiger partial charge in [-0.3, -0.25) is 9.59 Å². The van der Waals surface area contributed by atoms with Gasteiger partial charge in [-0.15, -0.1) is 0 Å². The van der Waals surface area contributed by atoms with E-state index < -0.39 is 5.97 Å². The number of aromatic nitrogens is 1. The van der Waals surface area contributed by atoms with Crippen molar-refractivity contribution >= 4 is 22.8 Å². The molecule has 1 amide bonds. The van der Waals surface area contributed by atoms with Crippen molar-refractivity contribution in [1.29, 1.82) is 0 Å². The zero-order chi connectivity index (χ0) is 21.8. The van der Waals surface area contributed by atoms with Crippen LogP contribution in [0, 0.1) is 5.92 Å². The number of carbonyl (C=O) groups excluding carboxylic acids is 2. The van der Waals surface area contributed by atoms with E-state index in [1.54, 1.807) is 6.20 Å². The van der Waals surface area contributed by atoms with Crippen LogP contribution < -0.4 is 14.8 Å². The maximum atomic E-state index is 12.5. The number of fused-ring (bicyclic) bond motifs is 2. The van der Waals surface area contributed by atoms with Crippen LogP contribution >= 0.6 is 0 Å². The van der Waals surface area contributed by atoms with Gasteiger partial charge < -0.3 is 24.5 Å². The lowest BCUT2D eigenvalue weighted by Crippen LogP contribution is -2.35. The van der Waals surface area contributed by atoms with E-state index in [1.807, 2.05) is 56.3 Å². The summed E-state index contributed by atoms with van der Waals surface area (Å²) >= 11 is 0. The lowest BCUT2D eigenvalue weighted by atomic mass is 9.95. The Balaban J connectivity index is 1.34. The average molecular weight is 422 g/mol. The topological polar surface area (TPSA) is 89.7 Å². The minimum Gasteiger partial charge on any atom is -0.486 e. The molecule has 0 radical (unpaired) electrons. The third-order valence-electron chi connectivity index (χ3n) is 5.28. The van der Waals surface area contributed by atoms with Crippen molar-refractivity contribution in [2.45, 2.75) is 26.3 Å². The fourth-order valence-corrected chi connectivity index (χ4v) is 3.73. The second-order valence-electron chi connectivity index (χ2n) is 7.89. The van der Waals surface area contributed by atoms with Gasteiger partial charge in [-0.1, -0.05) is 38.1 Å². The number of carbonyl (C=O) groups is 2. The fourth-order valence-electron chi connectivity index (χ4n) is 3.73. The number of hydrogen-bond acceptors (Lipinski definition) is 5. The molecule has 1 aliphatic heterocycles. The molecule has 2 N–H and O–H groups in total. The minimum atomic E-state index is -0.444. The molecule has 162 valence electrons. The van der Waals surface area contributed by atoms with Crippen molar-refractivity contribution in [2.24, 2.45) is 5.92 Å². The van der Waals surface area contributed by atoms with E-state index in [2.05, 4.69) is 10.3 Å². The Kier molecular flexibility index (Phi) is 6.11. The molecular formula is C24H26N2O5. The maximum Gasteiger partial charge on any atom is 0.310 e. The third kappa shape index (κ3) is 4.82. The molecular weight excluding hydrogens is 396 g/mol. The van der Waals surface area contributed by atoms with Gasteiger partial charge in [-0.25, -0.2) is 0 Å². The zero-order valence-electron chi connectivity index (χ0n) is 17.6. The third-order valence-corrected chi connectivity index (χ3v) is 5.28. The summed E-state index contributed by atoms with van der Waals surface area (Å²) in [6.45, 7) is 4.74. The Morgan fingerprint density at radius 1 is 1.10 bits per heavy atom. The average Bonchev–Trinajstić information content (AvgIpc) is 3.18. The van der Waals surface area contributed by atoms with Crippen molar-refractivity contribution in [3.05, 3.63) is 59.8 Å². The number of rotatable bonds is 7. The predicted octanol–water partition coefficient (Wildman–Crippen LogP) is 3.54. The highest BCUT2D eigenvalue weighted by atomic mass is 16.6.